The van der Waals surface area contributed by atoms with Crippen LogP contribution >= 0.6 is 12.2 Å². The topological polar surface area (TPSA) is 41.3 Å². The van der Waals surface area contributed by atoms with Gasteiger partial charge in [0.05, 0.1) is 6.54 Å². The first-order chi connectivity index (χ1) is 10.2. The molecule has 0 atom stereocenters. The molecule has 0 unspecified atom stereocenters. The fourth-order valence-electron chi connectivity index (χ4n) is 2.50. The number of hydrogen-bond acceptors (Lipinski definition) is 3. The zero-order valence-corrected chi connectivity index (χ0v) is 12.5. The van der Waals surface area contributed by atoms with Crippen molar-refractivity contribution in [2.75, 3.05) is 13.1 Å². The number of benzene rings is 1. The minimum absolute atomic E-state index is 0.255. The molecule has 0 saturated carbocycles. The summed E-state index contributed by atoms with van der Waals surface area (Å²) in [4.78, 5) is 2.08. The Bertz CT molecular complexity index is 653. The van der Waals surface area contributed by atoms with Crippen molar-refractivity contribution < 1.29 is 8.91 Å². The van der Waals surface area contributed by atoms with E-state index in [0.29, 0.717) is 6.54 Å². The molecule has 21 heavy (non-hydrogen) atoms. The van der Waals surface area contributed by atoms with E-state index >= 15 is 0 Å². The number of hydrogen-bond donors (Lipinski definition) is 1. The minimum atomic E-state index is -0.255. The number of aromatic nitrogens is 1. The van der Waals surface area contributed by atoms with Gasteiger partial charge in [-0.2, -0.15) is 0 Å². The van der Waals surface area contributed by atoms with Crippen molar-refractivity contribution in [1.82, 2.24) is 15.4 Å². The Morgan fingerprint density at radius 1 is 1.43 bits per heavy atom. The Morgan fingerprint density at radius 3 is 2.90 bits per heavy atom. The summed E-state index contributed by atoms with van der Waals surface area (Å²) in [6.07, 6.45) is 0.817. The van der Waals surface area contributed by atoms with Crippen molar-refractivity contribution in [2.45, 2.75) is 19.9 Å². The van der Waals surface area contributed by atoms with Gasteiger partial charge in [0, 0.05) is 24.2 Å². The molecule has 3 rings (SSSR count). The number of thiocarbonyl (C=S) groups is 1. The van der Waals surface area contributed by atoms with Crippen molar-refractivity contribution in [1.29, 1.82) is 0 Å². The molecule has 0 aliphatic carbocycles. The number of nitrogens with zero attached hydrogens (tertiary/aromatic N) is 2. The standard InChI is InChI=1S/C15H16FN3OS/c1-2-17-15(21)19-8-7-12-13(9-19)18-20-14(12)10-3-5-11(16)6-4-10/h3-6H,2,7-9H2,1H3,(H,17,21). The highest BCUT2D eigenvalue weighted by atomic mass is 32.1. The average Bonchev–Trinajstić information content (AvgIpc) is 2.91. The van der Waals surface area contributed by atoms with Crippen LogP contribution in [-0.2, 0) is 13.0 Å². The maximum absolute atomic E-state index is 13.0. The molecular formula is C15H16FN3OS. The number of halogens is 1. The molecule has 0 spiro atoms. The Labute approximate surface area is 127 Å². The zero-order valence-electron chi connectivity index (χ0n) is 11.7. The van der Waals surface area contributed by atoms with Crippen LogP contribution in [0.4, 0.5) is 4.39 Å². The van der Waals surface area contributed by atoms with Gasteiger partial charge in [-0.1, -0.05) is 5.16 Å². The van der Waals surface area contributed by atoms with Gasteiger partial charge in [-0.25, -0.2) is 4.39 Å². The predicted octanol–water partition coefficient (Wildman–Crippen LogP) is 2.73. The van der Waals surface area contributed by atoms with Crippen molar-refractivity contribution in [3.05, 3.63) is 41.3 Å². The lowest BCUT2D eigenvalue weighted by molar-refractivity contribution is 0.366. The van der Waals surface area contributed by atoms with Crippen LogP contribution in [0, 0.1) is 5.82 Å². The maximum Gasteiger partial charge on any atom is 0.170 e. The minimum Gasteiger partial charge on any atom is -0.363 e. The molecule has 1 aromatic carbocycles. The van der Waals surface area contributed by atoms with E-state index in [0.717, 1.165) is 47.2 Å². The molecule has 1 aliphatic rings. The molecule has 0 amide bonds. The second kappa shape index (κ2) is 5.81. The second-order valence-corrected chi connectivity index (χ2v) is 5.34. The molecule has 110 valence electrons. The van der Waals surface area contributed by atoms with Gasteiger partial charge < -0.3 is 14.7 Å². The van der Waals surface area contributed by atoms with Gasteiger partial charge in [-0.05, 0) is 49.8 Å². The molecular weight excluding hydrogens is 289 g/mol. The lowest BCUT2D eigenvalue weighted by Gasteiger charge is -2.28. The quantitative estimate of drug-likeness (QED) is 0.864. The SMILES string of the molecule is CCNC(=S)N1CCc2c(noc2-c2ccc(F)cc2)C1. The van der Waals surface area contributed by atoms with E-state index in [-0.39, 0.29) is 5.82 Å². The summed E-state index contributed by atoms with van der Waals surface area (Å²) in [7, 11) is 0. The Morgan fingerprint density at radius 2 is 2.19 bits per heavy atom. The summed E-state index contributed by atoms with van der Waals surface area (Å²) in [6.45, 7) is 4.30. The highest BCUT2D eigenvalue weighted by Crippen LogP contribution is 2.30. The van der Waals surface area contributed by atoms with Crippen LogP contribution in [0.3, 0.4) is 0 Å². The van der Waals surface area contributed by atoms with Crippen molar-refractivity contribution >= 4 is 17.3 Å². The zero-order chi connectivity index (χ0) is 14.8. The van der Waals surface area contributed by atoms with Crippen molar-refractivity contribution in [3.63, 3.8) is 0 Å². The van der Waals surface area contributed by atoms with Crippen LogP contribution in [0.1, 0.15) is 18.2 Å². The third-order valence-corrected chi connectivity index (χ3v) is 3.97. The van der Waals surface area contributed by atoms with E-state index in [4.69, 9.17) is 16.7 Å². The van der Waals surface area contributed by atoms with Crippen LogP contribution in [0.15, 0.2) is 28.8 Å². The first-order valence-electron chi connectivity index (χ1n) is 6.95. The third kappa shape index (κ3) is 2.76. The van der Waals surface area contributed by atoms with Gasteiger partial charge in [0.15, 0.2) is 10.9 Å². The van der Waals surface area contributed by atoms with E-state index in [1.807, 2.05) is 6.92 Å². The summed E-state index contributed by atoms with van der Waals surface area (Å²) < 4.78 is 18.5. The molecule has 1 aromatic heterocycles. The first kappa shape index (κ1) is 14.0. The molecule has 2 heterocycles. The van der Waals surface area contributed by atoms with Crippen LogP contribution < -0.4 is 5.32 Å². The summed E-state index contributed by atoms with van der Waals surface area (Å²) in [5.41, 5.74) is 2.85. The van der Waals surface area contributed by atoms with Gasteiger partial charge in [-0.3, -0.25) is 0 Å². The molecule has 0 radical (unpaired) electrons. The molecule has 0 fully saturated rings. The van der Waals surface area contributed by atoms with Crippen molar-refractivity contribution in [2.24, 2.45) is 0 Å². The summed E-state index contributed by atoms with van der Waals surface area (Å²) in [5, 5.41) is 8.04. The molecule has 1 N–H and O–H groups in total. The van der Waals surface area contributed by atoms with Crippen LogP contribution in [0.25, 0.3) is 11.3 Å². The highest BCUT2D eigenvalue weighted by molar-refractivity contribution is 7.80. The van der Waals surface area contributed by atoms with Crippen LogP contribution in [0.2, 0.25) is 0 Å². The Hall–Kier alpha value is -1.95. The van der Waals surface area contributed by atoms with Gasteiger partial charge in [0.25, 0.3) is 0 Å². The molecule has 4 nitrogen and oxygen atoms in total. The Kier molecular flexibility index (Phi) is 3.88. The molecule has 0 saturated heterocycles. The Balaban J connectivity index is 1.84. The summed E-state index contributed by atoms with van der Waals surface area (Å²) in [5.74, 6) is 0.480. The van der Waals surface area contributed by atoms with Gasteiger partial charge in [0.2, 0.25) is 0 Å². The fraction of sp³-hybridized carbons (Fsp3) is 0.333. The van der Waals surface area contributed by atoms with E-state index in [1.165, 1.54) is 12.1 Å². The van der Waals surface area contributed by atoms with E-state index in [2.05, 4.69) is 15.4 Å². The molecule has 0 bridgehead atoms. The lowest BCUT2D eigenvalue weighted by atomic mass is 10.0. The monoisotopic (exact) mass is 305 g/mol. The van der Waals surface area contributed by atoms with Gasteiger partial charge in [-0.15, -0.1) is 0 Å². The normalized spacial score (nSPS) is 13.9. The molecule has 2 aromatic rings. The predicted molar refractivity (Wildman–Crippen MR) is 82.3 cm³/mol. The average molecular weight is 305 g/mol. The third-order valence-electron chi connectivity index (χ3n) is 3.56. The fourth-order valence-corrected chi connectivity index (χ4v) is 2.80. The second-order valence-electron chi connectivity index (χ2n) is 4.95. The number of fused-ring (bicyclic) bond motifs is 1. The number of nitrogens with one attached hydrogen (secondary N) is 1. The highest BCUT2D eigenvalue weighted by Gasteiger charge is 2.25. The van der Waals surface area contributed by atoms with Crippen LogP contribution in [-0.4, -0.2) is 28.3 Å². The smallest absolute Gasteiger partial charge is 0.170 e. The van der Waals surface area contributed by atoms with Gasteiger partial charge in [0.1, 0.15) is 11.5 Å². The molecule has 6 heteroatoms. The largest absolute Gasteiger partial charge is 0.363 e. The van der Waals surface area contributed by atoms with E-state index in [1.54, 1.807) is 12.1 Å². The van der Waals surface area contributed by atoms with Crippen molar-refractivity contribution in [3.8, 4) is 11.3 Å². The maximum atomic E-state index is 13.0. The molecule has 1 aliphatic heterocycles. The number of rotatable bonds is 2. The first-order valence-corrected chi connectivity index (χ1v) is 7.36. The van der Waals surface area contributed by atoms with Gasteiger partial charge >= 0.3 is 0 Å². The lowest BCUT2D eigenvalue weighted by Crippen LogP contribution is -2.42. The summed E-state index contributed by atoms with van der Waals surface area (Å²) >= 11 is 5.33. The van der Waals surface area contributed by atoms with E-state index in [9.17, 15) is 4.39 Å². The summed E-state index contributed by atoms with van der Waals surface area (Å²) in [6, 6.07) is 6.29. The van der Waals surface area contributed by atoms with E-state index < -0.39 is 0 Å². The van der Waals surface area contributed by atoms with Crippen LogP contribution in [0.5, 0.6) is 0 Å².